The third-order valence-corrected chi connectivity index (χ3v) is 5.84. The second kappa shape index (κ2) is 10.8. The number of benzene rings is 3. The van der Waals surface area contributed by atoms with E-state index < -0.39 is 11.7 Å². The molecule has 6 heteroatoms. The summed E-state index contributed by atoms with van der Waals surface area (Å²) in [6.45, 7) is 6.56. The lowest BCUT2D eigenvalue weighted by Crippen LogP contribution is -2.10. The maximum atomic E-state index is 12.9. The zero-order chi connectivity index (χ0) is 24.9. The van der Waals surface area contributed by atoms with Gasteiger partial charge in [0.15, 0.2) is 0 Å². The molecular formula is C28H29F3O3. The van der Waals surface area contributed by atoms with Gasteiger partial charge in [0, 0.05) is 0 Å². The second-order valence-electron chi connectivity index (χ2n) is 8.65. The number of carbonyl (C=O) groups excluding carboxylic acids is 1. The Labute approximate surface area is 198 Å². The van der Waals surface area contributed by atoms with E-state index in [1.807, 2.05) is 38.1 Å². The van der Waals surface area contributed by atoms with E-state index >= 15 is 0 Å². The molecule has 3 rings (SSSR count). The van der Waals surface area contributed by atoms with Crippen molar-refractivity contribution in [2.45, 2.75) is 39.8 Å². The molecule has 3 aromatic rings. The number of aryl methyl sites for hydroxylation is 3. The van der Waals surface area contributed by atoms with Gasteiger partial charge in [-0.3, -0.25) is 0 Å². The van der Waals surface area contributed by atoms with Crippen molar-refractivity contribution < 1.29 is 27.4 Å². The van der Waals surface area contributed by atoms with E-state index in [-0.39, 0.29) is 5.97 Å². The Balaban J connectivity index is 1.58. The van der Waals surface area contributed by atoms with Crippen LogP contribution in [0, 0.1) is 19.8 Å². The van der Waals surface area contributed by atoms with Gasteiger partial charge >= 0.3 is 12.1 Å². The van der Waals surface area contributed by atoms with Crippen LogP contribution in [0.15, 0.2) is 60.7 Å². The highest BCUT2D eigenvalue weighted by atomic mass is 19.4. The topological polar surface area (TPSA) is 35.5 Å². The fourth-order valence-electron chi connectivity index (χ4n) is 3.95. The largest absolute Gasteiger partial charge is 0.493 e. The van der Waals surface area contributed by atoms with Gasteiger partial charge in [-0.1, -0.05) is 31.2 Å². The summed E-state index contributed by atoms with van der Waals surface area (Å²) in [6, 6.07) is 16.5. The first kappa shape index (κ1) is 25.3. The van der Waals surface area contributed by atoms with Crippen LogP contribution < -0.4 is 4.74 Å². The number of hydrogen-bond donors (Lipinski definition) is 0. The smallest absolute Gasteiger partial charge is 0.416 e. The molecule has 0 bridgehead atoms. The molecular weight excluding hydrogens is 441 g/mol. The van der Waals surface area contributed by atoms with Gasteiger partial charge in [-0.15, -0.1) is 0 Å². The lowest BCUT2D eigenvalue weighted by atomic mass is 9.94. The van der Waals surface area contributed by atoms with Gasteiger partial charge in [0.2, 0.25) is 0 Å². The first-order chi connectivity index (χ1) is 16.1. The van der Waals surface area contributed by atoms with Crippen molar-refractivity contribution >= 4 is 5.97 Å². The number of halogens is 3. The number of carbonyl (C=O) groups is 1. The van der Waals surface area contributed by atoms with Gasteiger partial charge < -0.3 is 9.47 Å². The summed E-state index contributed by atoms with van der Waals surface area (Å²) in [4.78, 5) is 11.5. The zero-order valence-corrected chi connectivity index (χ0v) is 19.8. The molecule has 0 fully saturated rings. The second-order valence-corrected chi connectivity index (χ2v) is 8.65. The molecule has 3 nitrogen and oxygen atoms in total. The van der Waals surface area contributed by atoms with E-state index in [4.69, 9.17) is 9.47 Å². The van der Waals surface area contributed by atoms with Crippen LogP contribution in [0.2, 0.25) is 0 Å². The molecule has 180 valence electrons. The molecule has 0 aliphatic heterocycles. The Hall–Kier alpha value is -3.28. The maximum absolute atomic E-state index is 12.9. The molecule has 1 unspecified atom stereocenters. The summed E-state index contributed by atoms with van der Waals surface area (Å²) in [5.74, 6) is 0.721. The summed E-state index contributed by atoms with van der Waals surface area (Å²) in [6.07, 6.45) is -2.54. The van der Waals surface area contributed by atoms with E-state index in [9.17, 15) is 18.0 Å². The molecule has 34 heavy (non-hydrogen) atoms. The summed E-state index contributed by atoms with van der Waals surface area (Å²) >= 11 is 0. The van der Waals surface area contributed by atoms with Crippen molar-refractivity contribution in [2.75, 3.05) is 13.7 Å². The Bertz CT molecular complexity index is 1090. The van der Waals surface area contributed by atoms with E-state index in [2.05, 4.69) is 6.92 Å². The third kappa shape index (κ3) is 6.40. The lowest BCUT2D eigenvalue weighted by Gasteiger charge is -2.17. The standard InChI is InChI=1S/C28H29F3O3/c1-18(5-6-21-7-9-23(10-8-21)27(32)33-4)17-34-25-15-19(2)26(20(3)16-25)22-11-13-24(14-12-22)28(29,30)31/h7-16,18H,5-6,17H2,1-4H3. The summed E-state index contributed by atoms with van der Waals surface area (Å²) < 4.78 is 49.3. The quantitative estimate of drug-likeness (QED) is 0.321. The van der Waals surface area contributed by atoms with Gasteiger partial charge in [-0.25, -0.2) is 4.79 Å². The highest BCUT2D eigenvalue weighted by molar-refractivity contribution is 5.89. The molecule has 0 heterocycles. The van der Waals surface area contributed by atoms with Gasteiger partial charge in [0.25, 0.3) is 0 Å². The predicted octanol–water partition coefficient (Wildman–Crippen LogP) is 7.42. The Kier molecular flexibility index (Phi) is 8.02. The molecule has 0 aliphatic carbocycles. The number of rotatable bonds is 8. The molecule has 0 saturated carbocycles. The Morgan fingerprint density at radius 3 is 2.06 bits per heavy atom. The zero-order valence-electron chi connectivity index (χ0n) is 19.8. The van der Waals surface area contributed by atoms with Crippen LogP contribution in [0.1, 0.15) is 46.0 Å². The minimum Gasteiger partial charge on any atom is -0.493 e. The number of methoxy groups -OCH3 is 1. The van der Waals surface area contributed by atoms with E-state index in [0.29, 0.717) is 18.1 Å². The molecule has 0 amide bonds. The van der Waals surface area contributed by atoms with Crippen LogP contribution in [0.4, 0.5) is 13.2 Å². The van der Waals surface area contributed by atoms with Crippen molar-refractivity contribution in [3.63, 3.8) is 0 Å². The number of esters is 1. The van der Waals surface area contributed by atoms with Crippen molar-refractivity contribution in [3.8, 4) is 16.9 Å². The summed E-state index contributed by atoms with van der Waals surface area (Å²) in [5.41, 5.74) is 4.60. The average molecular weight is 471 g/mol. The number of hydrogen-bond acceptors (Lipinski definition) is 3. The fraction of sp³-hybridized carbons (Fsp3) is 0.321. The summed E-state index contributed by atoms with van der Waals surface area (Å²) in [5, 5.41) is 0. The number of alkyl halides is 3. The molecule has 0 saturated heterocycles. The monoisotopic (exact) mass is 470 g/mol. The van der Waals surface area contributed by atoms with Gasteiger partial charge in [0.05, 0.1) is 24.8 Å². The first-order valence-electron chi connectivity index (χ1n) is 11.2. The third-order valence-electron chi connectivity index (χ3n) is 5.84. The summed E-state index contributed by atoms with van der Waals surface area (Å²) in [7, 11) is 1.36. The average Bonchev–Trinajstić information content (AvgIpc) is 2.80. The van der Waals surface area contributed by atoms with Crippen LogP contribution in [0.25, 0.3) is 11.1 Å². The first-order valence-corrected chi connectivity index (χ1v) is 11.2. The van der Waals surface area contributed by atoms with Crippen LogP contribution in [0.3, 0.4) is 0 Å². The van der Waals surface area contributed by atoms with Gasteiger partial charge in [0.1, 0.15) is 5.75 Å². The number of ether oxygens (including phenoxy) is 2. The minimum absolute atomic E-state index is 0.315. The Morgan fingerprint density at radius 2 is 1.53 bits per heavy atom. The van der Waals surface area contributed by atoms with Crippen LogP contribution >= 0.6 is 0 Å². The molecule has 0 N–H and O–H groups in total. The van der Waals surface area contributed by atoms with Gasteiger partial charge in [-0.2, -0.15) is 13.2 Å². The fourth-order valence-corrected chi connectivity index (χ4v) is 3.95. The van der Waals surface area contributed by atoms with Crippen LogP contribution in [-0.2, 0) is 17.3 Å². The van der Waals surface area contributed by atoms with Crippen molar-refractivity contribution in [2.24, 2.45) is 5.92 Å². The van der Waals surface area contributed by atoms with Gasteiger partial charge in [-0.05, 0) is 96.8 Å². The highest BCUT2D eigenvalue weighted by Gasteiger charge is 2.30. The molecule has 3 aromatic carbocycles. The lowest BCUT2D eigenvalue weighted by molar-refractivity contribution is -0.137. The van der Waals surface area contributed by atoms with E-state index in [0.717, 1.165) is 58.5 Å². The van der Waals surface area contributed by atoms with E-state index in [1.54, 1.807) is 12.1 Å². The van der Waals surface area contributed by atoms with E-state index in [1.165, 1.54) is 19.2 Å². The predicted molar refractivity (Wildman–Crippen MR) is 127 cm³/mol. The normalized spacial score (nSPS) is 12.3. The molecule has 0 aromatic heterocycles. The van der Waals surface area contributed by atoms with Crippen molar-refractivity contribution in [1.29, 1.82) is 0 Å². The van der Waals surface area contributed by atoms with Crippen LogP contribution in [-0.4, -0.2) is 19.7 Å². The Morgan fingerprint density at radius 1 is 0.941 bits per heavy atom. The maximum Gasteiger partial charge on any atom is 0.416 e. The van der Waals surface area contributed by atoms with Crippen molar-refractivity contribution in [3.05, 3.63) is 88.5 Å². The minimum atomic E-state index is -4.34. The van der Waals surface area contributed by atoms with Crippen LogP contribution in [0.5, 0.6) is 5.75 Å². The highest BCUT2D eigenvalue weighted by Crippen LogP contribution is 2.34. The molecule has 0 radical (unpaired) electrons. The van der Waals surface area contributed by atoms with Crippen molar-refractivity contribution in [1.82, 2.24) is 0 Å². The molecule has 1 atom stereocenters. The molecule has 0 aliphatic rings. The SMILES string of the molecule is COC(=O)c1ccc(CCC(C)COc2cc(C)c(-c3ccc(C(F)(F)F)cc3)c(C)c2)cc1. The molecule has 0 spiro atoms.